The predicted octanol–water partition coefficient (Wildman–Crippen LogP) is 2.58. The fraction of sp³-hybridized carbons (Fsp3) is 0.640. The van der Waals surface area contributed by atoms with Gasteiger partial charge in [-0.15, -0.1) is 0 Å². The highest BCUT2D eigenvalue weighted by Crippen LogP contribution is 2.35. The first-order valence-electron chi connectivity index (χ1n) is 12.5. The van der Waals surface area contributed by atoms with Crippen LogP contribution >= 0.6 is 0 Å². The summed E-state index contributed by atoms with van der Waals surface area (Å²) in [6.07, 6.45) is 10.1. The number of nitrogens with two attached hydrogens (primary N) is 1. The molecule has 178 valence electrons. The lowest BCUT2D eigenvalue weighted by atomic mass is 9.75. The number of nitrogens with one attached hydrogen (secondary N) is 2. The molecule has 0 aromatic heterocycles. The molecule has 3 fully saturated rings. The second-order valence-corrected chi connectivity index (χ2v) is 9.98. The number of carbonyl (C=O) groups is 2. The summed E-state index contributed by atoms with van der Waals surface area (Å²) < 4.78 is 5.98. The summed E-state index contributed by atoms with van der Waals surface area (Å²) in [6.45, 7) is 1.60. The minimum absolute atomic E-state index is 0.0192. The Morgan fingerprint density at radius 2 is 2.06 bits per heavy atom. The van der Waals surface area contributed by atoms with Crippen LogP contribution in [0, 0.1) is 11.8 Å². The van der Waals surface area contributed by atoms with Gasteiger partial charge in [-0.2, -0.15) is 0 Å². The number of guanidine groups is 1. The fourth-order valence-electron chi connectivity index (χ4n) is 5.97. The van der Waals surface area contributed by atoms with Crippen LogP contribution in [0.15, 0.2) is 23.2 Å². The normalized spacial score (nSPS) is 27.0. The van der Waals surface area contributed by atoms with E-state index in [1.807, 2.05) is 23.1 Å². The van der Waals surface area contributed by atoms with Gasteiger partial charge < -0.3 is 20.7 Å². The lowest BCUT2D eigenvalue weighted by Gasteiger charge is -2.42. The van der Waals surface area contributed by atoms with Crippen LogP contribution in [0.5, 0.6) is 5.75 Å². The van der Waals surface area contributed by atoms with E-state index in [1.54, 1.807) is 0 Å². The molecule has 0 spiro atoms. The third kappa shape index (κ3) is 5.00. The highest BCUT2D eigenvalue weighted by atomic mass is 16.5. The average molecular weight is 454 g/mol. The van der Waals surface area contributed by atoms with Crippen molar-refractivity contribution in [2.45, 2.75) is 76.4 Å². The van der Waals surface area contributed by atoms with E-state index in [4.69, 9.17) is 10.5 Å². The van der Waals surface area contributed by atoms with E-state index in [9.17, 15) is 9.59 Å². The SMILES string of the molecule is NC(=O)C(CCCCOc1ccc2c(c1)CN1CC(=O)NC1=N2)C1CCC2CCCCC2N1. The quantitative estimate of drug-likeness (QED) is 0.524. The Balaban J connectivity index is 1.08. The molecule has 1 aromatic carbocycles. The van der Waals surface area contributed by atoms with E-state index >= 15 is 0 Å². The van der Waals surface area contributed by atoms with Crippen molar-refractivity contribution in [1.29, 1.82) is 0 Å². The van der Waals surface area contributed by atoms with E-state index < -0.39 is 0 Å². The van der Waals surface area contributed by atoms with Gasteiger partial charge in [-0.25, -0.2) is 4.99 Å². The number of rotatable bonds is 8. The van der Waals surface area contributed by atoms with E-state index in [2.05, 4.69) is 15.6 Å². The standard InChI is InChI=1S/C25H35N5O3/c26-24(32)19(22-10-8-16-5-1-2-7-20(16)27-22)6-3-4-12-33-18-9-11-21-17(13-18)14-30-15-23(31)29-25(30)28-21/h9,11,13,16,19-20,22,27H,1-8,10,12,14-15H2,(H2,26,32)(H,28,29,31). The van der Waals surface area contributed by atoms with Gasteiger partial charge in [0.25, 0.3) is 0 Å². The summed E-state index contributed by atoms with van der Waals surface area (Å²) in [4.78, 5) is 30.2. The Morgan fingerprint density at radius 3 is 2.94 bits per heavy atom. The predicted molar refractivity (Wildman–Crippen MR) is 126 cm³/mol. The summed E-state index contributed by atoms with van der Waals surface area (Å²) >= 11 is 0. The van der Waals surface area contributed by atoms with E-state index in [0.29, 0.717) is 31.7 Å². The minimum atomic E-state index is -0.174. The van der Waals surface area contributed by atoms with Gasteiger partial charge in [0.2, 0.25) is 17.8 Å². The van der Waals surface area contributed by atoms with Crippen LogP contribution in [0.3, 0.4) is 0 Å². The summed E-state index contributed by atoms with van der Waals surface area (Å²) in [5, 5.41) is 6.56. The molecule has 0 bridgehead atoms. The number of piperidine rings is 1. The van der Waals surface area contributed by atoms with Crippen molar-refractivity contribution >= 4 is 23.5 Å². The van der Waals surface area contributed by atoms with E-state index in [-0.39, 0.29) is 23.8 Å². The van der Waals surface area contributed by atoms with Crippen molar-refractivity contribution < 1.29 is 14.3 Å². The van der Waals surface area contributed by atoms with Gasteiger partial charge in [0.1, 0.15) is 12.3 Å². The second-order valence-electron chi connectivity index (χ2n) is 9.98. The minimum Gasteiger partial charge on any atom is -0.494 e. The molecular weight excluding hydrogens is 418 g/mol. The number of unbranched alkanes of at least 4 members (excludes halogenated alkanes) is 1. The van der Waals surface area contributed by atoms with E-state index in [0.717, 1.165) is 48.6 Å². The van der Waals surface area contributed by atoms with Crippen molar-refractivity contribution in [2.75, 3.05) is 13.2 Å². The molecule has 2 saturated heterocycles. The van der Waals surface area contributed by atoms with Gasteiger partial charge in [0, 0.05) is 24.2 Å². The molecule has 1 aliphatic carbocycles. The molecule has 0 radical (unpaired) electrons. The average Bonchev–Trinajstić information content (AvgIpc) is 3.17. The number of aliphatic imine (C=N–C) groups is 1. The molecule has 3 heterocycles. The monoisotopic (exact) mass is 453 g/mol. The van der Waals surface area contributed by atoms with Crippen LogP contribution in [0.25, 0.3) is 0 Å². The molecule has 4 atom stereocenters. The number of primary amides is 1. The lowest BCUT2D eigenvalue weighted by molar-refractivity contribution is -0.123. The summed E-state index contributed by atoms with van der Waals surface area (Å²) in [5.41, 5.74) is 7.74. The highest BCUT2D eigenvalue weighted by Gasteiger charge is 2.36. The molecule has 1 aromatic rings. The Bertz CT molecular complexity index is 933. The number of nitrogens with zero attached hydrogens (tertiary/aromatic N) is 2. The highest BCUT2D eigenvalue weighted by molar-refractivity contribution is 6.05. The van der Waals surface area contributed by atoms with Crippen LogP contribution in [0.1, 0.15) is 63.4 Å². The zero-order chi connectivity index (χ0) is 22.8. The lowest BCUT2D eigenvalue weighted by Crippen LogP contribution is -2.54. The van der Waals surface area contributed by atoms with Crippen LogP contribution in [0.2, 0.25) is 0 Å². The van der Waals surface area contributed by atoms with E-state index in [1.165, 1.54) is 32.1 Å². The second kappa shape index (κ2) is 9.71. The molecule has 4 N–H and O–H groups in total. The van der Waals surface area contributed by atoms with Gasteiger partial charge in [-0.1, -0.05) is 12.8 Å². The molecular formula is C25H35N5O3. The third-order valence-corrected chi connectivity index (χ3v) is 7.74. The molecule has 33 heavy (non-hydrogen) atoms. The van der Waals surface area contributed by atoms with Crippen LogP contribution in [-0.4, -0.2) is 47.9 Å². The Morgan fingerprint density at radius 1 is 1.18 bits per heavy atom. The topological polar surface area (TPSA) is 109 Å². The van der Waals surface area contributed by atoms with Crippen LogP contribution < -0.4 is 21.1 Å². The third-order valence-electron chi connectivity index (χ3n) is 7.74. The van der Waals surface area contributed by atoms with Crippen molar-refractivity contribution in [3.63, 3.8) is 0 Å². The number of ether oxygens (including phenoxy) is 1. The molecule has 1 saturated carbocycles. The van der Waals surface area contributed by atoms with Gasteiger partial charge in [0.05, 0.1) is 18.2 Å². The van der Waals surface area contributed by atoms with Gasteiger partial charge >= 0.3 is 0 Å². The van der Waals surface area contributed by atoms with Crippen molar-refractivity contribution in [3.05, 3.63) is 23.8 Å². The molecule has 4 aliphatic rings. The first-order valence-corrected chi connectivity index (χ1v) is 12.5. The number of benzene rings is 1. The molecule has 8 heteroatoms. The molecule has 8 nitrogen and oxygen atoms in total. The fourth-order valence-corrected chi connectivity index (χ4v) is 5.97. The maximum atomic E-state index is 12.2. The van der Waals surface area contributed by atoms with Crippen molar-refractivity contribution in [3.8, 4) is 5.75 Å². The molecule has 2 amide bonds. The zero-order valence-electron chi connectivity index (χ0n) is 19.2. The molecule has 4 unspecified atom stereocenters. The van der Waals surface area contributed by atoms with Gasteiger partial charge in [0.15, 0.2) is 0 Å². The first kappa shape index (κ1) is 22.2. The Labute approximate surface area is 195 Å². The first-order chi connectivity index (χ1) is 16.1. The van der Waals surface area contributed by atoms with Crippen LogP contribution in [-0.2, 0) is 16.1 Å². The van der Waals surface area contributed by atoms with Crippen molar-refractivity contribution in [2.24, 2.45) is 22.6 Å². The van der Waals surface area contributed by atoms with Crippen LogP contribution in [0.4, 0.5) is 5.69 Å². The Hall–Kier alpha value is -2.61. The molecule has 3 aliphatic heterocycles. The summed E-state index contributed by atoms with van der Waals surface area (Å²) in [7, 11) is 0. The summed E-state index contributed by atoms with van der Waals surface area (Å²) in [6, 6.07) is 6.67. The van der Waals surface area contributed by atoms with Gasteiger partial charge in [-0.05, 0) is 69.1 Å². The summed E-state index contributed by atoms with van der Waals surface area (Å²) in [5.74, 6) is 1.95. The largest absolute Gasteiger partial charge is 0.494 e. The number of hydrogen-bond donors (Lipinski definition) is 3. The maximum Gasteiger partial charge on any atom is 0.246 e. The maximum absolute atomic E-state index is 12.2. The number of carbonyl (C=O) groups excluding carboxylic acids is 2. The number of fused-ring (bicyclic) bond motifs is 3. The van der Waals surface area contributed by atoms with Crippen molar-refractivity contribution in [1.82, 2.24) is 15.5 Å². The number of hydrogen-bond acceptors (Lipinski definition) is 6. The molecule has 5 rings (SSSR count). The smallest absolute Gasteiger partial charge is 0.246 e. The number of amides is 2. The Kier molecular flexibility index (Phi) is 6.53. The van der Waals surface area contributed by atoms with Gasteiger partial charge in [-0.3, -0.25) is 14.9 Å². The zero-order valence-corrected chi connectivity index (χ0v) is 19.2.